The maximum absolute atomic E-state index is 13.0. The van der Waals surface area contributed by atoms with Crippen molar-refractivity contribution in [3.05, 3.63) is 47.9 Å². The van der Waals surface area contributed by atoms with Crippen molar-refractivity contribution < 1.29 is 8.42 Å². The van der Waals surface area contributed by atoms with Crippen molar-refractivity contribution in [1.82, 2.24) is 14.3 Å². The summed E-state index contributed by atoms with van der Waals surface area (Å²) in [5, 5.41) is 0. The molecule has 0 amide bonds. The summed E-state index contributed by atoms with van der Waals surface area (Å²) in [6, 6.07) is 9.06. The summed E-state index contributed by atoms with van der Waals surface area (Å²) in [4.78, 5) is 11.1. The van der Waals surface area contributed by atoms with Crippen LogP contribution in [0, 0.1) is 13.8 Å². The van der Waals surface area contributed by atoms with Crippen molar-refractivity contribution in [2.45, 2.75) is 37.2 Å². The zero-order valence-electron chi connectivity index (χ0n) is 13.8. The second kappa shape index (κ2) is 5.53. The third-order valence-corrected chi connectivity index (χ3v) is 6.78. The van der Waals surface area contributed by atoms with Gasteiger partial charge < -0.3 is 4.90 Å². The molecule has 3 fully saturated rings. The third-order valence-electron chi connectivity index (χ3n) is 4.78. The molecule has 1 aromatic heterocycles. The van der Waals surface area contributed by atoms with Gasteiger partial charge in [-0.15, -0.1) is 0 Å². The van der Waals surface area contributed by atoms with Gasteiger partial charge in [0.25, 0.3) is 0 Å². The van der Waals surface area contributed by atoms with E-state index in [2.05, 4.69) is 14.9 Å². The van der Waals surface area contributed by atoms with E-state index in [1.165, 1.54) is 0 Å². The van der Waals surface area contributed by atoms with Crippen molar-refractivity contribution in [2.24, 2.45) is 0 Å². The molecule has 24 heavy (non-hydrogen) atoms. The molecule has 3 aliphatic heterocycles. The predicted octanol–water partition coefficient (Wildman–Crippen LogP) is 1.75. The number of fused-ring (bicyclic) bond motifs is 2. The summed E-state index contributed by atoms with van der Waals surface area (Å²) in [7, 11) is -3.42. The van der Waals surface area contributed by atoms with Crippen LogP contribution in [0.2, 0.25) is 0 Å². The van der Waals surface area contributed by atoms with E-state index in [0.717, 1.165) is 23.6 Å². The number of hydrogen-bond donors (Lipinski definition) is 0. The first-order chi connectivity index (χ1) is 11.4. The van der Waals surface area contributed by atoms with Crippen LogP contribution in [0.25, 0.3) is 0 Å². The van der Waals surface area contributed by atoms with Gasteiger partial charge in [0.1, 0.15) is 11.6 Å². The molecule has 3 aliphatic rings. The largest absolute Gasteiger partial charge is 0.353 e. The topological polar surface area (TPSA) is 66.4 Å². The molecule has 2 aromatic rings. The molecule has 5 rings (SSSR count). The van der Waals surface area contributed by atoms with E-state index in [1.54, 1.807) is 28.7 Å². The molecule has 2 bridgehead atoms. The Balaban J connectivity index is 1.57. The van der Waals surface area contributed by atoms with E-state index >= 15 is 0 Å². The van der Waals surface area contributed by atoms with E-state index in [9.17, 15) is 8.42 Å². The summed E-state index contributed by atoms with van der Waals surface area (Å²) in [6.45, 7) is 5.13. The van der Waals surface area contributed by atoms with Crippen LogP contribution in [-0.4, -0.2) is 47.9 Å². The number of benzene rings is 1. The molecule has 0 spiro atoms. The highest BCUT2D eigenvalue weighted by atomic mass is 32.2. The summed E-state index contributed by atoms with van der Waals surface area (Å²) >= 11 is 0. The van der Waals surface area contributed by atoms with E-state index in [0.29, 0.717) is 18.0 Å². The normalized spacial score (nSPS) is 23.8. The Morgan fingerprint density at radius 2 is 1.88 bits per heavy atom. The van der Waals surface area contributed by atoms with Gasteiger partial charge in [0, 0.05) is 31.4 Å². The highest BCUT2D eigenvalue weighted by Gasteiger charge is 2.51. The average molecular weight is 344 g/mol. The average Bonchev–Trinajstić information content (AvgIpc) is 2.54. The maximum atomic E-state index is 13.0. The lowest BCUT2D eigenvalue weighted by Crippen LogP contribution is -2.70. The molecule has 2 atom stereocenters. The molecule has 7 heteroatoms. The van der Waals surface area contributed by atoms with Crippen LogP contribution in [0.1, 0.15) is 17.8 Å². The van der Waals surface area contributed by atoms with Crippen molar-refractivity contribution in [3.63, 3.8) is 0 Å². The SMILES string of the molecule is Cc1cccc(S(=O)(=O)N2C3CC2CN(c2ccnc(C)n2)C3)c1. The van der Waals surface area contributed by atoms with Crippen LogP contribution in [0.5, 0.6) is 0 Å². The lowest BCUT2D eigenvalue weighted by molar-refractivity contribution is 0.0874. The molecule has 0 aliphatic carbocycles. The highest BCUT2D eigenvalue weighted by molar-refractivity contribution is 7.89. The fourth-order valence-electron chi connectivity index (χ4n) is 3.67. The Labute approximate surface area is 142 Å². The minimum atomic E-state index is -3.42. The number of anilines is 1. The van der Waals surface area contributed by atoms with Crippen LogP contribution in [0.3, 0.4) is 0 Å². The lowest BCUT2D eigenvalue weighted by Gasteiger charge is -2.55. The molecule has 3 saturated heterocycles. The molecular formula is C17H20N4O2S. The summed E-state index contributed by atoms with van der Waals surface area (Å²) in [5.74, 6) is 1.61. The molecule has 0 N–H and O–H groups in total. The standard InChI is InChI=1S/C17H20N4O2S/c1-12-4-3-5-16(8-12)24(22,23)21-14-9-15(21)11-20(10-14)17-6-7-18-13(2)19-17/h3-8,14-15H,9-11H2,1-2H3. The van der Waals surface area contributed by atoms with Gasteiger partial charge in [0.05, 0.1) is 4.90 Å². The monoisotopic (exact) mass is 344 g/mol. The predicted molar refractivity (Wildman–Crippen MR) is 91.4 cm³/mol. The number of piperazine rings is 1. The number of piperidine rings is 1. The highest BCUT2D eigenvalue weighted by Crippen LogP contribution is 2.38. The first kappa shape index (κ1) is 15.5. The van der Waals surface area contributed by atoms with Crippen LogP contribution in [0.15, 0.2) is 41.4 Å². The van der Waals surface area contributed by atoms with Crippen LogP contribution in [-0.2, 0) is 10.0 Å². The van der Waals surface area contributed by atoms with Crippen molar-refractivity contribution in [3.8, 4) is 0 Å². The first-order valence-electron chi connectivity index (χ1n) is 8.10. The molecule has 126 valence electrons. The van der Waals surface area contributed by atoms with Crippen molar-refractivity contribution in [1.29, 1.82) is 0 Å². The molecule has 2 unspecified atom stereocenters. The van der Waals surface area contributed by atoms with Gasteiger partial charge >= 0.3 is 0 Å². The summed E-state index contributed by atoms with van der Waals surface area (Å²) in [6.07, 6.45) is 2.67. The van der Waals surface area contributed by atoms with Gasteiger partial charge in [-0.25, -0.2) is 18.4 Å². The zero-order chi connectivity index (χ0) is 16.9. The van der Waals surface area contributed by atoms with Gasteiger partial charge in [0.15, 0.2) is 0 Å². The van der Waals surface area contributed by atoms with Crippen LogP contribution >= 0.6 is 0 Å². The van der Waals surface area contributed by atoms with E-state index in [4.69, 9.17) is 0 Å². The van der Waals surface area contributed by atoms with Crippen LogP contribution in [0.4, 0.5) is 5.82 Å². The Hall–Kier alpha value is -1.99. The summed E-state index contributed by atoms with van der Waals surface area (Å²) in [5.41, 5.74) is 0.958. The second-order valence-electron chi connectivity index (χ2n) is 6.56. The fraction of sp³-hybridized carbons (Fsp3) is 0.412. The second-order valence-corrected chi connectivity index (χ2v) is 8.41. The number of aromatic nitrogens is 2. The minimum Gasteiger partial charge on any atom is -0.353 e. The van der Waals surface area contributed by atoms with Gasteiger partial charge in [-0.3, -0.25) is 0 Å². The Kier molecular flexibility index (Phi) is 3.58. The van der Waals surface area contributed by atoms with Crippen molar-refractivity contribution >= 4 is 15.8 Å². The maximum Gasteiger partial charge on any atom is 0.243 e. The van der Waals surface area contributed by atoms with Gasteiger partial charge in [-0.2, -0.15) is 4.31 Å². The molecule has 0 radical (unpaired) electrons. The lowest BCUT2D eigenvalue weighted by atomic mass is 9.91. The smallest absolute Gasteiger partial charge is 0.243 e. The molecule has 0 saturated carbocycles. The van der Waals surface area contributed by atoms with Crippen molar-refractivity contribution in [2.75, 3.05) is 18.0 Å². The Morgan fingerprint density at radius 3 is 2.54 bits per heavy atom. The number of aryl methyl sites for hydroxylation is 2. The van der Waals surface area contributed by atoms with E-state index < -0.39 is 10.0 Å². The van der Waals surface area contributed by atoms with E-state index in [-0.39, 0.29) is 12.1 Å². The van der Waals surface area contributed by atoms with Gasteiger partial charge in [0.2, 0.25) is 10.0 Å². The number of sulfonamides is 1. The molecule has 6 nitrogen and oxygen atoms in total. The number of hydrogen-bond acceptors (Lipinski definition) is 5. The summed E-state index contributed by atoms with van der Waals surface area (Å²) < 4.78 is 27.6. The molecular weight excluding hydrogens is 324 g/mol. The third kappa shape index (κ3) is 2.48. The van der Waals surface area contributed by atoms with Gasteiger partial charge in [-0.05, 0) is 44.0 Å². The van der Waals surface area contributed by atoms with Gasteiger partial charge in [-0.1, -0.05) is 12.1 Å². The quantitative estimate of drug-likeness (QED) is 0.849. The first-order valence-corrected chi connectivity index (χ1v) is 9.54. The zero-order valence-corrected chi connectivity index (χ0v) is 14.6. The van der Waals surface area contributed by atoms with E-state index in [1.807, 2.05) is 26.0 Å². The number of rotatable bonds is 3. The molecule has 1 aromatic carbocycles. The Bertz CT molecular complexity index is 872. The Morgan fingerprint density at radius 1 is 1.12 bits per heavy atom. The minimum absolute atomic E-state index is 0.0181. The fourth-order valence-corrected chi connectivity index (χ4v) is 5.59. The van der Waals surface area contributed by atoms with Crippen LogP contribution < -0.4 is 4.90 Å². The number of nitrogens with zero attached hydrogens (tertiary/aromatic N) is 4. The molecule has 4 heterocycles.